The fourth-order valence-electron chi connectivity index (χ4n) is 3.72. The van der Waals surface area contributed by atoms with E-state index in [9.17, 15) is 0 Å². The number of aryl methyl sites for hydroxylation is 1. The second-order valence-corrected chi connectivity index (χ2v) is 7.11. The molecule has 114 valence electrons. The van der Waals surface area contributed by atoms with Gasteiger partial charge in [0.05, 0.1) is 37.0 Å². The third kappa shape index (κ3) is 1.35. The van der Waals surface area contributed by atoms with E-state index < -0.39 is 0 Å². The maximum atomic E-state index is 4.83. The van der Waals surface area contributed by atoms with Crippen molar-refractivity contribution in [1.82, 2.24) is 18.9 Å². The van der Waals surface area contributed by atoms with Crippen molar-refractivity contribution in [3.8, 4) is 0 Å². The predicted octanol–water partition coefficient (Wildman–Crippen LogP) is 4.74. The average Bonchev–Trinajstić information content (AvgIpc) is 3.25. The minimum Gasteiger partial charge on any atom is -0.311 e. The quantitative estimate of drug-likeness (QED) is 0.403. The molecule has 4 nitrogen and oxygen atoms in total. The Balaban J connectivity index is 1.93. The highest BCUT2D eigenvalue weighted by Crippen LogP contribution is 2.38. The highest BCUT2D eigenvalue weighted by atomic mass is 32.1. The van der Waals surface area contributed by atoms with Crippen LogP contribution in [0.2, 0.25) is 0 Å². The fraction of sp³-hybridized carbons (Fsp3) is 0.0526. The van der Waals surface area contributed by atoms with Crippen LogP contribution in [0.5, 0.6) is 0 Å². The Bertz CT molecular complexity index is 1420. The Morgan fingerprint density at radius 3 is 2.83 bits per heavy atom. The maximum Gasteiger partial charge on any atom is 0.215 e. The Morgan fingerprint density at radius 1 is 0.958 bits per heavy atom. The lowest BCUT2D eigenvalue weighted by Crippen LogP contribution is -1.88. The Morgan fingerprint density at radius 2 is 1.88 bits per heavy atom. The van der Waals surface area contributed by atoms with Crippen LogP contribution < -0.4 is 0 Å². The van der Waals surface area contributed by atoms with E-state index >= 15 is 0 Å². The fourth-order valence-corrected chi connectivity index (χ4v) is 4.95. The van der Waals surface area contributed by atoms with Gasteiger partial charge in [0.15, 0.2) is 0 Å². The van der Waals surface area contributed by atoms with Gasteiger partial charge in [-0.2, -0.15) is 0 Å². The first-order chi connectivity index (χ1) is 11.8. The van der Waals surface area contributed by atoms with Crippen LogP contribution in [-0.4, -0.2) is 18.9 Å². The van der Waals surface area contributed by atoms with Crippen molar-refractivity contribution < 1.29 is 0 Å². The molecule has 6 rings (SSSR count). The third-order valence-electron chi connectivity index (χ3n) is 4.77. The second-order valence-electron chi connectivity index (χ2n) is 6.06. The Kier molecular flexibility index (Phi) is 2.15. The highest BCUT2D eigenvalue weighted by Gasteiger charge is 2.18. The first-order valence-corrected chi connectivity index (χ1v) is 8.66. The normalized spacial score (nSPS) is 12.4. The van der Waals surface area contributed by atoms with Crippen LogP contribution in [0.1, 0.15) is 0 Å². The molecule has 0 spiro atoms. The molecule has 0 N–H and O–H groups in total. The summed E-state index contributed by atoms with van der Waals surface area (Å²) in [5.74, 6) is 0.976. The Labute approximate surface area is 140 Å². The van der Waals surface area contributed by atoms with E-state index in [1.807, 2.05) is 18.3 Å². The molecule has 0 aliphatic carbocycles. The van der Waals surface area contributed by atoms with E-state index in [0.717, 1.165) is 22.3 Å². The molecule has 6 aromatic rings. The molecule has 24 heavy (non-hydrogen) atoms. The van der Waals surface area contributed by atoms with Crippen LogP contribution in [0.3, 0.4) is 0 Å². The number of hydrogen-bond donors (Lipinski definition) is 0. The van der Waals surface area contributed by atoms with Gasteiger partial charge in [0.2, 0.25) is 5.78 Å². The van der Waals surface area contributed by atoms with Gasteiger partial charge >= 0.3 is 0 Å². The molecule has 0 saturated carbocycles. The van der Waals surface area contributed by atoms with Gasteiger partial charge in [0, 0.05) is 18.6 Å². The molecule has 2 aromatic carbocycles. The van der Waals surface area contributed by atoms with Crippen molar-refractivity contribution in [3.05, 3.63) is 54.7 Å². The molecule has 4 aromatic heterocycles. The van der Waals surface area contributed by atoms with Crippen molar-refractivity contribution in [3.63, 3.8) is 0 Å². The van der Waals surface area contributed by atoms with Gasteiger partial charge in [0.25, 0.3) is 0 Å². The first kappa shape index (κ1) is 12.5. The van der Waals surface area contributed by atoms with Crippen molar-refractivity contribution >= 4 is 59.5 Å². The summed E-state index contributed by atoms with van der Waals surface area (Å²) in [7, 11) is 2.10. The summed E-state index contributed by atoms with van der Waals surface area (Å²) in [5.41, 5.74) is 5.69. The van der Waals surface area contributed by atoms with E-state index in [-0.39, 0.29) is 0 Å². The van der Waals surface area contributed by atoms with Crippen LogP contribution in [0.4, 0.5) is 0 Å². The summed E-state index contributed by atoms with van der Waals surface area (Å²) in [5, 5.41) is 1.22. The van der Waals surface area contributed by atoms with Crippen molar-refractivity contribution in [2.75, 3.05) is 0 Å². The number of benzene rings is 2. The first-order valence-electron chi connectivity index (χ1n) is 7.85. The number of hydrogen-bond acceptors (Lipinski definition) is 3. The molecule has 0 aliphatic rings. The summed E-state index contributed by atoms with van der Waals surface area (Å²) in [6.07, 6.45) is 1.87. The van der Waals surface area contributed by atoms with Crippen LogP contribution in [0, 0.1) is 0 Å². The van der Waals surface area contributed by atoms with E-state index in [1.165, 1.54) is 25.8 Å². The molecule has 4 heterocycles. The smallest absolute Gasteiger partial charge is 0.215 e. The van der Waals surface area contributed by atoms with Gasteiger partial charge in [-0.15, -0.1) is 11.3 Å². The minimum atomic E-state index is 0.976. The average molecular weight is 328 g/mol. The second kappa shape index (κ2) is 4.13. The van der Waals surface area contributed by atoms with Crippen LogP contribution in [0.15, 0.2) is 54.7 Å². The van der Waals surface area contributed by atoms with Gasteiger partial charge in [-0.05, 0) is 36.4 Å². The predicted molar refractivity (Wildman–Crippen MR) is 99.9 cm³/mol. The molecule has 0 atom stereocenters. The summed E-state index contributed by atoms with van der Waals surface area (Å²) in [6.45, 7) is 0. The number of pyridine rings is 1. The molecule has 0 radical (unpaired) electrons. The van der Waals surface area contributed by atoms with E-state index in [2.05, 4.69) is 57.4 Å². The number of fused-ring (bicyclic) bond motifs is 9. The van der Waals surface area contributed by atoms with Gasteiger partial charge in [-0.3, -0.25) is 9.38 Å². The monoisotopic (exact) mass is 328 g/mol. The van der Waals surface area contributed by atoms with E-state index in [4.69, 9.17) is 4.98 Å². The van der Waals surface area contributed by atoms with Crippen molar-refractivity contribution in [2.45, 2.75) is 0 Å². The van der Waals surface area contributed by atoms with Gasteiger partial charge < -0.3 is 4.57 Å². The zero-order chi connectivity index (χ0) is 15.8. The van der Waals surface area contributed by atoms with Gasteiger partial charge in [-0.1, -0.05) is 12.1 Å². The lowest BCUT2D eigenvalue weighted by atomic mass is 10.2. The molecule has 0 unspecified atom stereocenters. The lowest BCUT2D eigenvalue weighted by Gasteiger charge is -1.98. The van der Waals surface area contributed by atoms with Gasteiger partial charge in [-0.25, -0.2) is 4.98 Å². The van der Waals surface area contributed by atoms with Crippen LogP contribution >= 0.6 is 11.3 Å². The zero-order valence-electron chi connectivity index (χ0n) is 12.9. The molecule has 5 heteroatoms. The number of thiophene rings is 1. The van der Waals surface area contributed by atoms with E-state index in [0.29, 0.717) is 0 Å². The summed E-state index contributed by atoms with van der Waals surface area (Å²) >= 11 is 1.80. The van der Waals surface area contributed by atoms with Crippen LogP contribution in [-0.2, 0) is 7.05 Å². The maximum absolute atomic E-state index is 4.83. The number of para-hydroxylation sites is 2. The number of aromatic nitrogens is 4. The topological polar surface area (TPSA) is 35.1 Å². The third-order valence-corrected chi connectivity index (χ3v) is 5.93. The molecular formula is C19H12N4S. The molecular weight excluding hydrogens is 316 g/mol. The minimum absolute atomic E-state index is 0.976. The summed E-state index contributed by atoms with van der Waals surface area (Å²) < 4.78 is 6.96. The molecule has 0 bridgehead atoms. The number of rotatable bonds is 0. The largest absolute Gasteiger partial charge is 0.311 e. The van der Waals surface area contributed by atoms with Crippen LogP contribution in [0.25, 0.3) is 48.1 Å². The standard InChI is InChI=1S/C19H12N4S/c1-22-17-14(23-13-6-3-2-5-12(13)21-19(22)23)9-8-11-16-15(24-18(11)17)7-4-10-20-16/h2-10H,1H3. The van der Waals surface area contributed by atoms with Crippen molar-refractivity contribution in [2.24, 2.45) is 7.05 Å². The zero-order valence-corrected chi connectivity index (χ0v) is 13.7. The SMILES string of the molecule is Cn1c2c3sc4cccnc4c3ccc2n2c3ccccc3nc12. The lowest BCUT2D eigenvalue weighted by molar-refractivity contribution is 0.977. The van der Waals surface area contributed by atoms with Crippen molar-refractivity contribution in [1.29, 1.82) is 0 Å². The number of imidazole rings is 2. The molecule has 0 aliphatic heterocycles. The van der Waals surface area contributed by atoms with Gasteiger partial charge in [0.1, 0.15) is 0 Å². The molecule has 0 fully saturated rings. The molecule has 0 saturated heterocycles. The molecule has 0 amide bonds. The summed E-state index contributed by atoms with van der Waals surface area (Å²) in [6, 6.07) is 16.8. The number of nitrogens with zero attached hydrogens (tertiary/aromatic N) is 4. The highest BCUT2D eigenvalue weighted by molar-refractivity contribution is 7.26. The summed E-state index contributed by atoms with van der Waals surface area (Å²) in [4.78, 5) is 9.40. The Hall–Kier alpha value is -2.92. The van der Waals surface area contributed by atoms with E-state index in [1.54, 1.807) is 11.3 Å².